The summed E-state index contributed by atoms with van der Waals surface area (Å²) in [5, 5.41) is 0. The molecule has 0 bridgehead atoms. The van der Waals surface area contributed by atoms with E-state index in [4.69, 9.17) is 0 Å². The average Bonchev–Trinajstić information content (AvgIpc) is 3.66. The van der Waals surface area contributed by atoms with E-state index in [9.17, 15) is 39.5 Å². The van der Waals surface area contributed by atoms with E-state index in [1.54, 1.807) is 0 Å². The molecule has 3 aromatic rings. The van der Waals surface area contributed by atoms with Gasteiger partial charge in [0.25, 0.3) is 0 Å². The van der Waals surface area contributed by atoms with Crippen molar-refractivity contribution in [1.82, 2.24) is 0 Å². The lowest BCUT2D eigenvalue weighted by Crippen LogP contribution is -2.68. The molecule has 56 heavy (non-hydrogen) atoms. The fourth-order valence-corrected chi connectivity index (χ4v) is 7.03. The molecule has 4 aliphatic rings. The minimum absolute atomic E-state index is 2.56. The van der Waals surface area contributed by atoms with Gasteiger partial charge in [-0.1, -0.05) is 0 Å². The number of alkyl halides is 2. The molecule has 292 valence electrons. The maximum absolute atomic E-state index is 18.0. The van der Waals surface area contributed by atoms with Gasteiger partial charge in [0, 0.05) is 38.9 Å². The SMILES string of the molecule is FC1=C2C(=C(F)c3c(F)c(F)c(F)c(F)c32)C(F)(B(c2c(F)c(F)c(F)c(F)c2F)C2(F)C(F)=C(F)C(F)=C3C2=C(F)c2c(F)c(F)c(F)c(F)c23)C(F)=C1F. The molecular weight excluding hydrogens is 832 g/mol. The van der Waals surface area contributed by atoms with Crippen molar-refractivity contribution in [2.24, 2.45) is 0 Å². The lowest BCUT2D eigenvalue weighted by atomic mass is 9.24. The van der Waals surface area contributed by atoms with E-state index in [0.29, 0.717) is 0 Å². The molecule has 3 aromatic carbocycles. The monoisotopic (exact) mass is 832 g/mol. The zero-order valence-corrected chi connectivity index (χ0v) is 25.3. The highest BCUT2D eigenvalue weighted by Crippen LogP contribution is 2.65. The van der Waals surface area contributed by atoms with Gasteiger partial charge in [-0.25, -0.2) is 101 Å². The Morgan fingerprint density at radius 2 is 0.518 bits per heavy atom. The Bertz CT molecular complexity index is 2500. The molecule has 0 fully saturated rings. The smallest absolute Gasteiger partial charge is 0.240 e. The summed E-state index contributed by atoms with van der Waals surface area (Å²) in [6, 6.07) is 0. The fourth-order valence-electron chi connectivity index (χ4n) is 7.03. The summed E-state index contributed by atoms with van der Waals surface area (Å²) in [4.78, 5) is 0. The van der Waals surface area contributed by atoms with Crippen LogP contribution < -0.4 is 5.46 Å². The van der Waals surface area contributed by atoms with E-state index >= 15 is 61.5 Å². The van der Waals surface area contributed by atoms with Crippen LogP contribution in [0.5, 0.6) is 0 Å². The largest absolute Gasteiger partial charge is 0.301 e. The van der Waals surface area contributed by atoms with Gasteiger partial charge in [0.05, 0.1) is 11.1 Å². The van der Waals surface area contributed by atoms with Crippen LogP contribution in [0.25, 0.3) is 22.8 Å². The number of hydrogen-bond donors (Lipinski definition) is 0. The summed E-state index contributed by atoms with van der Waals surface area (Å²) in [6.45, 7) is -5.52. The van der Waals surface area contributed by atoms with Crippen LogP contribution in [0.3, 0.4) is 0 Å². The first-order chi connectivity index (χ1) is 25.9. The number of rotatable bonds is 3. The Kier molecular flexibility index (Phi) is 8.17. The Labute approximate surface area is 291 Å². The third-order valence-electron chi connectivity index (χ3n) is 9.32. The molecule has 0 nitrogen and oxygen atoms in total. The van der Waals surface area contributed by atoms with Crippen molar-refractivity contribution in [3.8, 4) is 0 Å². The summed E-state index contributed by atoms with van der Waals surface area (Å²) < 4.78 is 354. The van der Waals surface area contributed by atoms with Crippen LogP contribution in [0.15, 0.2) is 46.1 Å². The topological polar surface area (TPSA) is 0 Å². The van der Waals surface area contributed by atoms with Crippen LogP contribution in [0.1, 0.15) is 22.3 Å². The van der Waals surface area contributed by atoms with Gasteiger partial charge in [-0.2, -0.15) is 0 Å². The number of allylic oxidation sites excluding steroid dienone is 10. The predicted molar refractivity (Wildman–Crippen MR) is 142 cm³/mol. The van der Waals surface area contributed by atoms with Gasteiger partial charge < -0.3 is 0 Å². The van der Waals surface area contributed by atoms with Gasteiger partial charge in [-0.15, -0.1) is 0 Å². The number of halogens is 23. The van der Waals surface area contributed by atoms with Gasteiger partial charge in [0.1, 0.15) is 11.7 Å². The maximum Gasteiger partial charge on any atom is 0.301 e. The van der Waals surface area contributed by atoms with Crippen molar-refractivity contribution < 1.29 is 101 Å². The van der Waals surface area contributed by atoms with Gasteiger partial charge in [0.2, 0.25) is 0 Å². The summed E-state index contributed by atoms with van der Waals surface area (Å²) in [5.41, 5.74) is -39.0. The Hall–Kier alpha value is -5.45. The Morgan fingerprint density at radius 3 is 0.821 bits per heavy atom. The standard InChI is InChI=1S/C32BF23/c34-10-5-1(12(36)20(44)22(46)16(5)40)3-7(10)31(55,29(53)27(51)14(3)38)33(9-18(42)24(48)26(50)25(49)19(9)43)32(56)8-4(15(39)28(52)30(32)54)2-6(11(8)35)17(41)23(47)21(45)13(2)37. The second-order valence-corrected chi connectivity index (χ2v) is 11.9. The second-order valence-electron chi connectivity index (χ2n) is 11.9. The third kappa shape index (κ3) is 4.16. The minimum atomic E-state index is -6.40. The molecule has 0 heterocycles. The van der Waals surface area contributed by atoms with Crippen LogP contribution in [-0.4, -0.2) is 17.8 Å². The second kappa shape index (κ2) is 11.8. The van der Waals surface area contributed by atoms with Crippen molar-refractivity contribution in [3.05, 3.63) is 144 Å². The van der Waals surface area contributed by atoms with E-state index in [-0.39, 0.29) is 0 Å². The summed E-state index contributed by atoms with van der Waals surface area (Å²) in [6.07, 6.45) is 0. The quantitative estimate of drug-likeness (QED) is 0.107. The number of fused-ring (bicyclic) bond motifs is 6. The molecular formula is C32BF23. The molecule has 2 atom stereocenters. The first-order valence-corrected chi connectivity index (χ1v) is 14.2. The van der Waals surface area contributed by atoms with E-state index in [0.717, 1.165) is 0 Å². The Balaban J connectivity index is 1.74. The van der Waals surface area contributed by atoms with Crippen LogP contribution in [0.2, 0.25) is 0 Å². The first kappa shape index (κ1) is 38.8. The molecule has 7 rings (SSSR count). The van der Waals surface area contributed by atoms with Crippen molar-refractivity contribution in [3.63, 3.8) is 0 Å². The zero-order valence-electron chi connectivity index (χ0n) is 25.3. The molecule has 0 saturated heterocycles. The van der Waals surface area contributed by atoms with Crippen LogP contribution in [0, 0.1) is 75.6 Å². The molecule has 0 amide bonds. The predicted octanol–water partition coefficient (Wildman–Crippen LogP) is 11.2. The lowest BCUT2D eigenvalue weighted by Gasteiger charge is -2.43. The molecule has 24 heteroatoms. The molecule has 0 radical (unpaired) electrons. The van der Waals surface area contributed by atoms with E-state index in [1.807, 2.05) is 0 Å². The molecule has 0 N–H and O–H groups in total. The van der Waals surface area contributed by atoms with Gasteiger partial charge in [0.15, 0.2) is 122 Å². The maximum atomic E-state index is 18.0. The molecule has 4 aliphatic carbocycles. The van der Waals surface area contributed by atoms with Crippen LogP contribution >= 0.6 is 0 Å². The highest BCUT2D eigenvalue weighted by atomic mass is 19.2. The Morgan fingerprint density at radius 1 is 0.268 bits per heavy atom. The van der Waals surface area contributed by atoms with Gasteiger partial charge >= 0.3 is 6.71 Å². The van der Waals surface area contributed by atoms with Gasteiger partial charge in [-0.05, 0) is 0 Å². The summed E-state index contributed by atoms with van der Waals surface area (Å²) in [7, 11) is 0. The molecule has 0 spiro atoms. The summed E-state index contributed by atoms with van der Waals surface area (Å²) in [5.74, 6) is -71.3. The minimum Gasteiger partial charge on any atom is -0.240 e. The van der Waals surface area contributed by atoms with Crippen LogP contribution in [-0.2, 0) is 0 Å². The van der Waals surface area contributed by atoms with Gasteiger partial charge in [-0.3, -0.25) is 0 Å². The van der Waals surface area contributed by atoms with Crippen LogP contribution in [0.4, 0.5) is 101 Å². The van der Waals surface area contributed by atoms with E-state index in [2.05, 4.69) is 0 Å². The van der Waals surface area contributed by atoms with Crippen molar-refractivity contribution >= 4 is 35.0 Å². The number of hydrogen-bond acceptors (Lipinski definition) is 0. The van der Waals surface area contributed by atoms with E-state index in [1.165, 1.54) is 0 Å². The van der Waals surface area contributed by atoms with Crippen molar-refractivity contribution in [2.75, 3.05) is 0 Å². The zero-order chi connectivity index (χ0) is 41.9. The normalized spacial score (nSPS) is 21.9. The molecule has 0 saturated carbocycles. The molecule has 0 aliphatic heterocycles. The van der Waals surface area contributed by atoms with Crippen molar-refractivity contribution in [2.45, 2.75) is 11.1 Å². The van der Waals surface area contributed by atoms with Crippen molar-refractivity contribution in [1.29, 1.82) is 0 Å². The lowest BCUT2D eigenvalue weighted by molar-refractivity contribution is 0.248. The first-order valence-electron chi connectivity index (χ1n) is 14.2. The highest BCUT2D eigenvalue weighted by molar-refractivity contribution is 6.82. The fraction of sp³-hybridized carbons (Fsp3) is 0.0625. The molecule has 0 aromatic heterocycles. The molecule has 2 unspecified atom stereocenters. The number of benzene rings is 3. The highest BCUT2D eigenvalue weighted by Gasteiger charge is 2.73. The van der Waals surface area contributed by atoms with E-state index < -0.39 is 190 Å². The average molecular weight is 832 g/mol. The summed E-state index contributed by atoms with van der Waals surface area (Å²) >= 11 is 0. The third-order valence-corrected chi connectivity index (χ3v) is 9.32.